The SMILES string of the molecule is CSCc1cccc(Nc2ncnc(-c3ccc(F)cc3OCC3CCCCC3)n2)c1. The zero-order valence-electron chi connectivity index (χ0n) is 17.7. The number of anilines is 2. The van der Waals surface area contributed by atoms with Gasteiger partial charge in [-0.25, -0.2) is 14.4 Å². The van der Waals surface area contributed by atoms with Gasteiger partial charge in [-0.15, -0.1) is 0 Å². The van der Waals surface area contributed by atoms with Gasteiger partial charge in [0.2, 0.25) is 5.95 Å². The molecule has 162 valence electrons. The number of benzene rings is 2. The van der Waals surface area contributed by atoms with Crippen molar-refractivity contribution >= 4 is 23.4 Å². The lowest BCUT2D eigenvalue weighted by Crippen LogP contribution is -2.15. The molecule has 1 aromatic heterocycles. The quantitative estimate of drug-likeness (QED) is 0.449. The Labute approximate surface area is 186 Å². The van der Waals surface area contributed by atoms with Crippen LogP contribution in [0.1, 0.15) is 37.7 Å². The van der Waals surface area contributed by atoms with E-state index in [1.807, 2.05) is 12.1 Å². The van der Waals surface area contributed by atoms with E-state index in [1.165, 1.54) is 56.1 Å². The molecule has 1 aliphatic rings. The average Bonchev–Trinajstić information content (AvgIpc) is 2.79. The molecule has 1 aliphatic carbocycles. The van der Waals surface area contributed by atoms with Gasteiger partial charge in [-0.1, -0.05) is 31.4 Å². The van der Waals surface area contributed by atoms with E-state index in [1.54, 1.807) is 17.8 Å². The van der Waals surface area contributed by atoms with Crippen LogP contribution < -0.4 is 10.1 Å². The summed E-state index contributed by atoms with van der Waals surface area (Å²) in [6.07, 6.45) is 9.65. The third-order valence-corrected chi connectivity index (χ3v) is 6.07. The molecular formula is C24H27FN4OS. The fraction of sp³-hybridized carbons (Fsp3) is 0.375. The van der Waals surface area contributed by atoms with Crippen molar-refractivity contribution in [2.75, 3.05) is 18.2 Å². The van der Waals surface area contributed by atoms with E-state index < -0.39 is 0 Å². The molecule has 1 N–H and O–H groups in total. The highest BCUT2D eigenvalue weighted by Crippen LogP contribution is 2.31. The van der Waals surface area contributed by atoms with Crippen molar-refractivity contribution in [3.63, 3.8) is 0 Å². The second-order valence-electron chi connectivity index (χ2n) is 7.85. The minimum absolute atomic E-state index is 0.333. The summed E-state index contributed by atoms with van der Waals surface area (Å²) in [6.45, 7) is 0.592. The molecule has 0 atom stereocenters. The summed E-state index contributed by atoms with van der Waals surface area (Å²) in [5, 5.41) is 3.24. The summed E-state index contributed by atoms with van der Waals surface area (Å²) in [4.78, 5) is 13.1. The molecule has 5 nitrogen and oxygen atoms in total. The first-order valence-corrected chi connectivity index (χ1v) is 12.1. The molecule has 3 aromatic rings. The van der Waals surface area contributed by atoms with Gasteiger partial charge in [-0.3, -0.25) is 0 Å². The second kappa shape index (κ2) is 10.6. The zero-order chi connectivity index (χ0) is 21.5. The van der Waals surface area contributed by atoms with Gasteiger partial charge in [0.1, 0.15) is 17.9 Å². The number of aromatic nitrogens is 3. The van der Waals surface area contributed by atoms with E-state index in [4.69, 9.17) is 4.74 Å². The van der Waals surface area contributed by atoms with Gasteiger partial charge in [-0.05, 0) is 54.8 Å². The van der Waals surface area contributed by atoms with Crippen molar-refractivity contribution in [3.8, 4) is 17.1 Å². The lowest BCUT2D eigenvalue weighted by molar-refractivity contribution is 0.209. The van der Waals surface area contributed by atoms with Crippen LogP contribution in [0.15, 0.2) is 48.8 Å². The number of hydrogen-bond donors (Lipinski definition) is 1. The molecule has 0 bridgehead atoms. The molecule has 0 saturated heterocycles. The normalized spacial score (nSPS) is 14.4. The van der Waals surface area contributed by atoms with E-state index in [2.05, 4.69) is 38.7 Å². The summed E-state index contributed by atoms with van der Waals surface area (Å²) < 4.78 is 20.0. The standard InChI is InChI=1S/C24H27FN4OS/c1-31-15-18-8-5-9-20(12-18)28-24-27-16-26-23(29-24)21-11-10-19(25)13-22(21)30-14-17-6-3-2-4-7-17/h5,8-13,16-17H,2-4,6-7,14-15H2,1H3,(H,26,27,28,29). The summed E-state index contributed by atoms with van der Waals surface area (Å²) in [5.41, 5.74) is 2.80. The third kappa shape index (κ3) is 5.94. The molecule has 1 saturated carbocycles. The van der Waals surface area contributed by atoms with Crippen LogP contribution in [0.2, 0.25) is 0 Å². The Hall–Kier alpha value is -2.67. The summed E-state index contributed by atoms with van der Waals surface area (Å²) >= 11 is 1.77. The first kappa shape index (κ1) is 21.6. The molecule has 0 aliphatic heterocycles. The van der Waals surface area contributed by atoms with Gasteiger partial charge in [0.15, 0.2) is 5.82 Å². The maximum Gasteiger partial charge on any atom is 0.230 e. The Balaban J connectivity index is 1.53. The number of ether oxygens (including phenoxy) is 1. The Bertz CT molecular complexity index is 1010. The van der Waals surface area contributed by atoms with Gasteiger partial charge in [0, 0.05) is 17.5 Å². The average molecular weight is 439 g/mol. The molecule has 2 aromatic carbocycles. The first-order chi connectivity index (χ1) is 15.2. The van der Waals surface area contributed by atoms with Crippen LogP contribution in [-0.2, 0) is 5.75 Å². The van der Waals surface area contributed by atoms with Crippen molar-refractivity contribution in [2.45, 2.75) is 37.9 Å². The Morgan fingerprint density at radius 3 is 2.81 bits per heavy atom. The third-order valence-electron chi connectivity index (χ3n) is 5.45. The van der Waals surface area contributed by atoms with Crippen LogP contribution in [0.25, 0.3) is 11.4 Å². The second-order valence-corrected chi connectivity index (χ2v) is 8.71. The molecule has 0 radical (unpaired) electrons. The zero-order valence-corrected chi connectivity index (χ0v) is 18.5. The molecule has 0 spiro atoms. The van der Waals surface area contributed by atoms with E-state index in [0.717, 1.165) is 11.4 Å². The first-order valence-electron chi connectivity index (χ1n) is 10.7. The predicted molar refractivity (Wildman–Crippen MR) is 124 cm³/mol. The van der Waals surface area contributed by atoms with Crippen molar-refractivity contribution in [1.82, 2.24) is 15.0 Å². The summed E-state index contributed by atoms with van der Waals surface area (Å²) in [6, 6.07) is 12.7. The van der Waals surface area contributed by atoms with E-state index in [0.29, 0.717) is 35.6 Å². The summed E-state index contributed by atoms with van der Waals surface area (Å²) in [7, 11) is 0. The van der Waals surface area contributed by atoms with Crippen molar-refractivity contribution < 1.29 is 9.13 Å². The number of halogens is 1. The molecular weight excluding hydrogens is 411 g/mol. The molecule has 0 unspecified atom stereocenters. The monoisotopic (exact) mass is 438 g/mol. The number of nitrogens with zero attached hydrogens (tertiary/aromatic N) is 3. The van der Waals surface area contributed by atoms with Crippen molar-refractivity contribution in [2.24, 2.45) is 5.92 Å². The number of hydrogen-bond acceptors (Lipinski definition) is 6. The lowest BCUT2D eigenvalue weighted by Gasteiger charge is -2.22. The number of nitrogens with one attached hydrogen (secondary N) is 1. The van der Waals surface area contributed by atoms with Crippen LogP contribution in [-0.4, -0.2) is 27.8 Å². The van der Waals surface area contributed by atoms with E-state index in [-0.39, 0.29) is 5.82 Å². The maximum absolute atomic E-state index is 13.9. The Kier molecular flexibility index (Phi) is 7.35. The van der Waals surface area contributed by atoms with Gasteiger partial charge < -0.3 is 10.1 Å². The van der Waals surface area contributed by atoms with Crippen LogP contribution in [0.4, 0.5) is 16.0 Å². The smallest absolute Gasteiger partial charge is 0.230 e. The molecule has 31 heavy (non-hydrogen) atoms. The molecule has 7 heteroatoms. The fourth-order valence-corrected chi connectivity index (χ4v) is 4.40. The van der Waals surface area contributed by atoms with Crippen LogP contribution in [0.3, 0.4) is 0 Å². The molecule has 1 heterocycles. The highest BCUT2D eigenvalue weighted by Gasteiger charge is 2.17. The molecule has 1 fully saturated rings. The van der Waals surface area contributed by atoms with Crippen molar-refractivity contribution in [1.29, 1.82) is 0 Å². The van der Waals surface area contributed by atoms with Crippen LogP contribution >= 0.6 is 11.8 Å². The topological polar surface area (TPSA) is 59.9 Å². The van der Waals surface area contributed by atoms with Crippen LogP contribution in [0, 0.1) is 11.7 Å². The Morgan fingerprint density at radius 1 is 1.10 bits per heavy atom. The van der Waals surface area contributed by atoms with Gasteiger partial charge >= 0.3 is 0 Å². The van der Waals surface area contributed by atoms with Crippen molar-refractivity contribution in [3.05, 3.63) is 60.2 Å². The van der Waals surface area contributed by atoms with E-state index >= 15 is 0 Å². The largest absolute Gasteiger partial charge is 0.492 e. The number of thioether (sulfide) groups is 1. The summed E-state index contributed by atoms with van der Waals surface area (Å²) in [5.74, 6) is 2.50. The highest BCUT2D eigenvalue weighted by molar-refractivity contribution is 7.97. The molecule has 0 amide bonds. The van der Waals surface area contributed by atoms with E-state index in [9.17, 15) is 4.39 Å². The minimum Gasteiger partial charge on any atom is -0.492 e. The lowest BCUT2D eigenvalue weighted by atomic mass is 9.90. The van der Waals surface area contributed by atoms with Gasteiger partial charge in [-0.2, -0.15) is 16.7 Å². The minimum atomic E-state index is -0.333. The predicted octanol–water partition coefficient (Wildman–Crippen LogP) is 6.24. The molecule has 4 rings (SSSR count). The van der Waals surface area contributed by atoms with Crippen LogP contribution in [0.5, 0.6) is 5.75 Å². The fourth-order valence-electron chi connectivity index (χ4n) is 3.88. The number of rotatable bonds is 8. The van der Waals surface area contributed by atoms with Gasteiger partial charge in [0.05, 0.1) is 12.2 Å². The Morgan fingerprint density at radius 2 is 1.97 bits per heavy atom. The highest BCUT2D eigenvalue weighted by atomic mass is 32.2. The van der Waals surface area contributed by atoms with Gasteiger partial charge in [0.25, 0.3) is 0 Å². The maximum atomic E-state index is 13.9.